The molecule has 0 radical (unpaired) electrons. The van der Waals surface area contributed by atoms with Gasteiger partial charge in [-0.1, -0.05) is 20.3 Å². The molecule has 0 saturated heterocycles. The van der Waals surface area contributed by atoms with Crippen LogP contribution in [0.1, 0.15) is 38.9 Å². The van der Waals surface area contributed by atoms with Crippen molar-refractivity contribution in [3.8, 4) is 0 Å². The van der Waals surface area contributed by atoms with Crippen LogP contribution in [-0.4, -0.2) is 9.78 Å². The van der Waals surface area contributed by atoms with E-state index < -0.39 is 0 Å². The van der Waals surface area contributed by atoms with Gasteiger partial charge in [0.1, 0.15) is 3.70 Å². The van der Waals surface area contributed by atoms with E-state index in [4.69, 9.17) is 0 Å². The molecule has 0 amide bonds. The van der Waals surface area contributed by atoms with Crippen LogP contribution in [0.5, 0.6) is 0 Å². The first-order chi connectivity index (χ1) is 6.06. The summed E-state index contributed by atoms with van der Waals surface area (Å²) in [5, 5.41) is 4.48. The van der Waals surface area contributed by atoms with Crippen LogP contribution in [0.4, 0.5) is 0 Å². The monoisotopic (exact) mass is 292 g/mol. The van der Waals surface area contributed by atoms with Gasteiger partial charge in [0.2, 0.25) is 0 Å². The van der Waals surface area contributed by atoms with Crippen LogP contribution in [0.2, 0.25) is 0 Å². The normalized spacial score (nSPS) is 15.8. The van der Waals surface area contributed by atoms with Crippen LogP contribution in [0.15, 0.2) is 6.07 Å². The first-order valence-corrected chi connectivity index (χ1v) is 5.85. The van der Waals surface area contributed by atoms with Crippen molar-refractivity contribution in [1.29, 1.82) is 0 Å². The molecule has 0 bridgehead atoms. The summed E-state index contributed by atoms with van der Waals surface area (Å²) < 4.78 is 3.22. The second kappa shape index (κ2) is 4.44. The molecule has 2 atom stereocenters. The molecule has 1 aromatic rings. The van der Waals surface area contributed by atoms with Crippen molar-refractivity contribution in [2.45, 2.75) is 40.2 Å². The lowest BCUT2D eigenvalue weighted by Gasteiger charge is -2.20. The van der Waals surface area contributed by atoms with E-state index in [0.717, 1.165) is 3.70 Å². The third-order valence-electron chi connectivity index (χ3n) is 2.75. The van der Waals surface area contributed by atoms with Crippen molar-refractivity contribution in [3.05, 3.63) is 15.5 Å². The van der Waals surface area contributed by atoms with Crippen LogP contribution in [0.25, 0.3) is 0 Å². The highest BCUT2D eigenvalue weighted by molar-refractivity contribution is 14.1. The Bertz CT molecular complexity index is 280. The summed E-state index contributed by atoms with van der Waals surface area (Å²) >= 11 is 2.26. The maximum absolute atomic E-state index is 4.48. The van der Waals surface area contributed by atoms with Gasteiger partial charge >= 0.3 is 0 Å². The molecule has 0 N–H and O–H groups in total. The van der Waals surface area contributed by atoms with E-state index in [1.54, 1.807) is 0 Å². The zero-order chi connectivity index (χ0) is 10.0. The number of rotatable bonds is 3. The Labute approximate surface area is 93.9 Å². The first kappa shape index (κ1) is 11.0. The molecule has 13 heavy (non-hydrogen) atoms. The van der Waals surface area contributed by atoms with Gasteiger partial charge in [0, 0.05) is 5.69 Å². The largest absolute Gasteiger partial charge is 0.266 e. The van der Waals surface area contributed by atoms with Gasteiger partial charge in [0.05, 0.1) is 6.04 Å². The molecule has 0 fully saturated rings. The van der Waals surface area contributed by atoms with Crippen LogP contribution in [0.3, 0.4) is 0 Å². The molecule has 1 aromatic heterocycles. The van der Waals surface area contributed by atoms with Crippen LogP contribution < -0.4 is 0 Å². The van der Waals surface area contributed by atoms with E-state index in [-0.39, 0.29) is 0 Å². The lowest BCUT2D eigenvalue weighted by Crippen LogP contribution is -2.16. The minimum atomic E-state index is 0.508. The van der Waals surface area contributed by atoms with Crippen molar-refractivity contribution in [2.75, 3.05) is 0 Å². The summed E-state index contributed by atoms with van der Waals surface area (Å²) in [5.41, 5.74) is 1.26. The summed E-state index contributed by atoms with van der Waals surface area (Å²) in [6.45, 7) is 8.86. The van der Waals surface area contributed by atoms with Gasteiger partial charge in [-0.25, -0.2) is 0 Å². The molecule has 3 heteroatoms. The number of hydrogen-bond donors (Lipinski definition) is 0. The minimum absolute atomic E-state index is 0.508. The summed E-state index contributed by atoms with van der Waals surface area (Å²) in [6, 6.07) is 2.63. The Morgan fingerprint density at radius 2 is 2.15 bits per heavy atom. The van der Waals surface area contributed by atoms with Crippen LogP contribution >= 0.6 is 22.6 Å². The molecule has 1 heterocycles. The van der Waals surface area contributed by atoms with Gasteiger partial charge in [0.15, 0.2) is 0 Å². The van der Waals surface area contributed by atoms with Crippen LogP contribution in [0, 0.1) is 16.5 Å². The van der Waals surface area contributed by atoms with Gasteiger partial charge < -0.3 is 0 Å². The molecule has 0 aliphatic rings. The van der Waals surface area contributed by atoms with Crippen molar-refractivity contribution in [3.63, 3.8) is 0 Å². The molecule has 0 saturated carbocycles. The summed E-state index contributed by atoms with van der Waals surface area (Å²) in [7, 11) is 0. The number of hydrogen-bond acceptors (Lipinski definition) is 1. The van der Waals surface area contributed by atoms with E-state index >= 15 is 0 Å². The predicted octanol–water partition coefficient (Wildman–Crippen LogP) is 3.40. The molecule has 1 rings (SSSR count). The van der Waals surface area contributed by atoms with Crippen molar-refractivity contribution in [1.82, 2.24) is 9.78 Å². The van der Waals surface area contributed by atoms with Gasteiger partial charge in [-0.05, 0) is 48.4 Å². The first-order valence-electron chi connectivity index (χ1n) is 4.78. The molecule has 74 valence electrons. The van der Waals surface area contributed by atoms with Gasteiger partial charge in [-0.3, -0.25) is 4.68 Å². The minimum Gasteiger partial charge on any atom is -0.266 e. The predicted molar refractivity (Wildman–Crippen MR) is 63.8 cm³/mol. The highest BCUT2D eigenvalue weighted by Crippen LogP contribution is 2.22. The topological polar surface area (TPSA) is 17.8 Å². The van der Waals surface area contributed by atoms with E-state index in [9.17, 15) is 0 Å². The SMILES string of the molecule is CCC(C)C(C)n1nc(I)cc1C. The van der Waals surface area contributed by atoms with Gasteiger partial charge in [-0.15, -0.1) is 0 Å². The summed E-state index contributed by atoms with van der Waals surface area (Å²) in [4.78, 5) is 0. The zero-order valence-electron chi connectivity index (χ0n) is 8.71. The van der Waals surface area contributed by atoms with E-state index in [1.807, 2.05) is 0 Å². The third-order valence-corrected chi connectivity index (χ3v) is 3.27. The van der Waals surface area contributed by atoms with Crippen molar-refractivity contribution < 1.29 is 0 Å². The number of aromatic nitrogens is 2. The Hall–Kier alpha value is -0.0600. The maximum atomic E-state index is 4.48. The average molecular weight is 292 g/mol. The fourth-order valence-electron chi connectivity index (χ4n) is 1.44. The van der Waals surface area contributed by atoms with E-state index in [0.29, 0.717) is 12.0 Å². The van der Waals surface area contributed by atoms with Crippen LogP contribution in [-0.2, 0) is 0 Å². The summed E-state index contributed by atoms with van der Waals surface area (Å²) in [5.74, 6) is 0.689. The second-order valence-corrected chi connectivity index (χ2v) is 4.78. The smallest absolute Gasteiger partial charge is 0.123 e. The maximum Gasteiger partial charge on any atom is 0.123 e. The quantitative estimate of drug-likeness (QED) is 0.781. The molecule has 2 nitrogen and oxygen atoms in total. The molecule has 0 aliphatic heterocycles. The summed E-state index contributed by atoms with van der Waals surface area (Å²) in [6.07, 6.45) is 1.21. The van der Waals surface area contributed by atoms with Crippen molar-refractivity contribution >= 4 is 22.6 Å². The number of nitrogens with zero attached hydrogens (tertiary/aromatic N) is 2. The highest BCUT2D eigenvalue weighted by Gasteiger charge is 2.15. The molecule has 0 aliphatic carbocycles. The van der Waals surface area contributed by atoms with E-state index in [2.05, 4.69) is 66.1 Å². The average Bonchev–Trinajstić information content (AvgIpc) is 2.42. The fourth-order valence-corrected chi connectivity index (χ4v) is 2.13. The lowest BCUT2D eigenvalue weighted by atomic mass is 10.0. The molecule has 2 unspecified atom stereocenters. The molecular weight excluding hydrogens is 275 g/mol. The zero-order valence-corrected chi connectivity index (χ0v) is 10.9. The molecule has 0 spiro atoms. The number of aryl methyl sites for hydroxylation is 1. The second-order valence-electron chi connectivity index (χ2n) is 3.68. The van der Waals surface area contributed by atoms with Gasteiger partial charge in [-0.2, -0.15) is 5.10 Å². The Morgan fingerprint density at radius 3 is 2.54 bits per heavy atom. The Kier molecular flexibility index (Phi) is 3.76. The Balaban J connectivity index is 2.87. The lowest BCUT2D eigenvalue weighted by molar-refractivity contribution is 0.337. The third kappa shape index (κ3) is 2.45. The van der Waals surface area contributed by atoms with Crippen molar-refractivity contribution in [2.24, 2.45) is 5.92 Å². The van der Waals surface area contributed by atoms with Gasteiger partial charge in [0.25, 0.3) is 0 Å². The fraction of sp³-hybridized carbons (Fsp3) is 0.700. The molecular formula is C10H17IN2. The molecule has 0 aromatic carbocycles. The standard InChI is InChI=1S/C10H17IN2/c1-5-7(2)9(4)13-8(3)6-10(11)12-13/h6-7,9H,5H2,1-4H3. The Morgan fingerprint density at radius 1 is 1.54 bits per heavy atom. The number of halogens is 1. The van der Waals surface area contributed by atoms with E-state index in [1.165, 1.54) is 12.1 Å². The highest BCUT2D eigenvalue weighted by atomic mass is 127.